The van der Waals surface area contributed by atoms with Gasteiger partial charge in [0.1, 0.15) is 5.57 Å². The van der Waals surface area contributed by atoms with Gasteiger partial charge in [0.25, 0.3) is 5.91 Å². The van der Waals surface area contributed by atoms with E-state index in [1.165, 1.54) is 38.5 Å². The van der Waals surface area contributed by atoms with Gasteiger partial charge in [-0.3, -0.25) is 4.79 Å². The van der Waals surface area contributed by atoms with E-state index in [4.69, 9.17) is 15.9 Å². The van der Waals surface area contributed by atoms with Gasteiger partial charge in [0.2, 0.25) is 0 Å². The third kappa shape index (κ3) is 9.71. The van der Waals surface area contributed by atoms with E-state index in [-0.39, 0.29) is 6.42 Å². The maximum absolute atomic E-state index is 11.1. The summed E-state index contributed by atoms with van der Waals surface area (Å²) >= 11 is 0. The lowest BCUT2D eigenvalue weighted by Crippen LogP contribution is -2.24. The first-order valence-electron chi connectivity index (χ1n) is 8.41. The van der Waals surface area contributed by atoms with Crippen molar-refractivity contribution < 1.29 is 24.6 Å². The molecule has 0 atom stereocenters. The van der Waals surface area contributed by atoms with Gasteiger partial charge < -0.3 is 15.9 Å². The summed E-state index contributed by atoms with van der Waals surface area (Å²) in [6, 6.07) is 0. The fourth-order valence-corrected chi connectivity index (χ4v) is 2.51. The van der Waals surface area contributed by atoms with Gasteiger partial charge >= 0.3 is 11.9 Å². The first-order chi connectivity index (χ1) is 10.9. The summed E-state index contributed by atoms with van der Waals surface area (Å²) in [7, 11) is 0. The largest absolute Gasteiger partial charge is 0.478 e. The molecule has 0 aromatic heterocycles. The number of unbranched alkanes of at least 4 members (excludes halogenated alkanes) is 9. The maximum atomic E-state index is 11.1. The second-order valence-corrected chi connectivity index (χ2v) is 5.76. The van der Waals surface area contributed by atoms with Gasteiger partial charge in [-0.15, -0.1) is 0 Å². The Balaban J connectivity index is 4.08. The van der Waals surface area contributed by atoms with Crippen molar-refractivity contribution in [2.24, 2.45) is 5.73 Å². The number of carboxylic acids is 2. The highest BCUT2D eigenvalue weighted by molar-refractivity contribution is 6.19. The number of hydrogen-bond acceptors (Lipinski definition) is 3. The molecule has 0 aliphatic carbocycles. The Labute approximate surface area is 137 Å². The number of hydrogen-bond donors (Lipinski definition) is 3. The minimum absolute atomic E-state index is 0.0520. The molecule has 0 aliphatic rings. The van der Waals surface area contributed by atoms with Gasteiger partial charge in [0.15, 0.2) is 0 Å². The third-order valence-electron chi connectivity index (χ3n) is 3.80. The lowest BCUT2D eigenvalue weighted by molar-refractivity contribution is -0.137. The highest BCUT2D eigenvalue weighted by Crippen LogP contribution is 2.16. The Hall–Kier alpha value is -1.85. The predicted octanol–water partition coefficient (Wildman–Crippen LogP) is 3.25. The van der Waals surface area contributed by atoms with Crippen LogP contribution in [0.1, 0.15) is 77.6 Å². The van der Waals surface area contributed by atoms with Crippen molar-refractivity contribution in [3.63, 3.8) is 0 Å². The van der Waals surface area contributed by atoms with Gasteiger partial charge in [-0.2, -0.15) is 0 Å². The molecule has 0 rings (SSSR count). The molecule has 132 valence electrons. The van der Waals surface area contributed by atoms with Crippen molar-refractivity contribution in [2.75, 3.05) is 0 Å². The van der Waals surface area contributed by atoms with Crippen molar-refractivity contribution in [1.82, 2.24) is 0 Å². The molecule has 0 saturated heterocycles. The molecule has 0 aliphatic heterocycles. The van der Waals surface area contributed by atoms with Crippen LogP contribution in [-0.4, -0.2) is 28.1 Å². The van der Waals surface area contributed by atoms with Crippen molar-refractivity contribution in [3.8, 4) is 0 Å². The fraction of sp³-hybridized carbons (Fsp3) is 0.706. The molecule has 23 heavy (non-hydrogen) atoms. The van der Waals surface area contributed by atoms with Crippen molar-refractivity contribution in [1.29, 1.82) is 0 Å². The highest BCUT2D eigenvalue weighted by Gasteiger charge is 2.24. The monoisotopic (exact) mass is 327 g/mol. The second-order valence-electron chi connectivity index (χ2n) is 5.76. The molecule has 0 radical (unpaired) electrons. The standard InChI is InChI=1S/C17H29NO5/c1-2-3-4-5-6-7-8-9-10-11-12-13(16(20)21)14(15(18)19)17(22)23/h2-12H2,1H3,(H2,18,19)(H,20,21)(H,22,23)/b14-13+. The molecule has 6 heteroatoms. The molecule has 0 heterocycles. The van der Waals surface area contributed by atoms with Gasteiger partial charge in [0.05, 0.1) is 5.57 Å². The Morgan fingerprint density at radius 1 is 0.739 bits per heavy atom. The molecular formula is C17H29NO5. The van der Waals surface area contributed by atoms with Crippen molar-refractivity contribution >= 4 is 17.8 Å². The number of rotatable bonds is 14. The molecule has 0 bridgehead atoms. The Morgan fingerprint density at radius 3 is 1.52 bits per heavy atom. The van der Waals surface area contributed by atoms with Gasteiger partial charge in [-0.1, -0.05) is 64.7 Å². The SMILES string of the molecule is CCCCCCCCCCCC/C(C(=O)O)=C(/C(N)=O)C(=O)O. The molecule has 0 aromatic carbocycles. The van der Waals surface area contributed by atoms with Gasteiger partial charge in [0, 0.05) is 0 Å². The zero-order valence-electron chi connectivity index (χ0n) is 14.0. The molecule has 0 unspecified atom stereocenters. The van der Waals surface area contributed by atoms with E-state index in [1.54, 1.807) is 0 Å². The summed E-state index contributed by atoms with van der Waals surface area (Å²) in [4.78, 5) is 33.1. The number of carbonyl (C=O) groups is 3. The topological polar surface area (TPSA) is 118 Å². The molecule has 0 spiro atoms. The van der Waals surface area contributed by atoms with Crippen molar-refractivity contribution in [2.45, 2.75) is 77.6 Å². The Morgan fingerprint density at radius 2 is 1.17 bits per heavy atom. The van der Waals surface area contributed by atoms with Crippen LogP contribution in [0, 0.1) is 0 Å². The number of aliphatic carboxylic acids is 2. The predicted molar refractivity (Wildman–Crippen MR) is 88.0 cm³/mol. The maximum Gasteiger partial charge on any atom is 0.341 e. The smallest absolute Gasteiger partial charge is 0.341 e. The number of amides is 1. The summed E-state index contributed by atoms with van der Waals surface area (Å²) in [5.41, 5.74) is 3.75. The van der Waals surface area contributed by atoms with Crippen molar-refractivity contribution in [3.05, 3.63) is 11.1 Å². The van der Waals surface area contributed by atoms with E-state index in [0.29, 0.717) is 6.42 Å². The fourth-order valence-electron chi connectivity index (χ4n) is 2.51. The van der Waals surface area contributed by atoms with Crippen LogP contribution in [0.5, 0.6) is 0 Å². The molecular weight excluding hydrogens is 298 g/mol. The summed E-state index contributed by atoms with van der Waals surface area (Å²) < 4.78 is 0. The molecule has 0 saturated carbocycles. The van der Waals surface area contributed by atoms with Crippen LogP contribution in [0.15, 0.2) is 11.1 Å². The highest BCUT2D eigenvalue weighted by atomic mass is 16.4. The van der Waals surface area contributed by atoms with E-state index < -0.39 is 29.0 Å². The number of primary amides is 1. The van der Waals surface area contributed by atoms with Crippen LogP contribution in [-0.2, 0) is 14.4 Å². The summed E-state index contributed by atoms with van der Waals surface area (Å²) in [6.45, 7) is 2.19. The van der Waals surface area contributed by atoms with Crippen LogP contribution in [0.4, 0.5) is 0 Å². The first-order valence-corrected chi connectivity index (χ1v) is 8.41. The minimum Gasteiger partial charge on any atom is -0.478 e. The van der Waals surface area contributed by atoms with Crippen LogP contribution >= 0.6 is 0 Å². The number of carbonyl (C=O) groups excluding carboxylic acids is 1. The van der Waals surface area contributed by atoms with Gasteiger partial charge in [-0.05, 0) is 12.8 Å². The van der Waals surface area contributed by atoms with E-state index >= 15 is 0 Å². The first kappa shape index (κ1) is 21.1. The normalized spacial score (nSPS) is 11.9. The Bertz CT molecular complexity index is 413. The molecule has 4 N–H and O–H groups in total. The van der Waals surface area contributed by atoms with Gasteiger partial charge in [-0.25, -0.2) is 9.59 Å². The summed E-state index contributed by atoms with van der Waals surface area (Å²) in [6.07, 6.45) is 11.0. The minimum atomic E-state index is -1.58. The van der Waals surface area contributed by atoms with Crippen LogP contribution in [0.25, 0.3) is 0 Å². The van der Waals surface area contributed by atoms with E-state index in [0.717, 1.165) is 19.3 Å². The summed E-state index contributed by atoms with van der Waals surface area (Å²) in [5.74, 6) is -4.18. The van der Waals surface area contributed by atoms with Crippen LogP contribution < -0.4 is 5.73 Å². The lowest BCUT2D eigenvalue weighted by Gasteiger charge is -2.06. The number of nitrogens with two attached hydrogens (primary N) is 1. The van der Waals surface area contributed by atoms with Crippen LogP contribution in [0.2, 0.25) is 0 Å². The van der Waals surface area contributed by atoms with E-state index in [9.17, 15) is 14.4 Å². The molecule has 0 fully saturated rings. The zero-order chi connectivity index (χ0) is 17.7. The molecule has 1 amide bonds. The summed E-state index contributed by atoms with van der Waals surface area (Å²) in [5, 5.41) is 18.0. The average molecular weight is 327 g/mol. The quantitative estimate of drug-likeness (QED) is 0.196. The van der Waals surface area contributed by atoms with Crippen LogP contribution in [0.3, 0.4) is 0 Å². The molecule has 0 aromatic rings. The zero-order valence-corrected chi connectivity index (χ0v) is 14.0. The molecule has 6 nitrogen and oxygen atoms in total. The average Bonchev–Trinajstić information content (AvgIpc) is 2.46. The Kier molecular flexibility index (Phi) is 11.7. The third-order valence-corrected chi connectivity index (χ3v) is 3.80. The van der Waals surface area contributed by atoms with E-state index in [2.05, 4.69) is 6.92 Å². The number of carboxylic acid groups (broad SMARTS) is 2. The van der Waals surface area contributed by atoms with E-state index in [1.807, 2.05) is 0 Å². The lowest BCUT2D eigenvalue weighted by atomic mass is 10.00. The second kappa shape index (κ2) is 12.7.